The van der Waals surface area contributed by atoms with Crippen LogP contribution in [-0.4, -0.2) is 17.4 Å². The molecule has 2 aliphatic heterocycles. The molecular weight excluding hydrogens is 587 g/mol. The van der Waals surface area contributed by atoms with E-state index in [2.05, 4.69) is 140 Å². The van der Waals surface area contributed by atoms with E-state index in [0.29, 0.717) is 5.75 Å². The number of hydrogen-bond acceptors (Lipinski definition) is 2. The summed E-state index contributed by atoms with van der Waals surface area (Å²) in [7, 11) is 0. The zero-order chi connectivity index (χ0) is 32.1. The molecule has 5 heteroatoms. The van der Waals surface area contributed by atoms with Crippen LogP contribution in [0.25, 0.3) is 49.4 Å². The van der Waals surface area contributed by atoms with E-state index in [4.69, 9.17) is 4.74 Å². The van der Waals surface area contributed by atoms with Gasteiger partial charge >= 0.3 is 6.09 Å². The molecule has 48 heavy (non-hydrogen) atoms. The average Bonchev–Trinajstić information content (AvgIpc) is 3.44. The lowest BCUT2D eigenvalue weighted by molar-refractivity contribution is 0.210. The number of rotatable bonds is 3. The Morgan fingerprint density at radius 1 is 0.604 bits per heavy atom. The summed E-state index contributed by atoms with van der Waals surface area (Å²) in [6, 6.07) is 49.2. The predicted octanol–water partition coefficient (Wildman–Crippen LogP) is 8.70. The van der Waals surface area contributed by atoms with Gasteiger partial charge in [-0.3, -0.25) is 0 Å². The smallest absolute Gasteiger partial charge is 0.409 e. The maximum absolute atomic E-state index is 14.1. The van der Waals surface area contributed by atoms with Crippen molar-refractivity contribution < 1.29 is 9.53 Å². The highest BCUT2D eigenvalue weighted by Crippen LogP contribution is 2.44. The number of fused-ring (bicyclic) bond motifs is 5. The van der Waals surface area contributed by atoms with Crippen molar-refractivity contribution in [2.24, 2.45) is 0 Å². The van der Waals surface area contributed by atoms with Crippen LogP contribution in [0.1, 0.15) is 11.1 Å². The van der Waals surface area contributed by atoms with Crippen molar-refractivity contribution in [1.29, 1.82) is 0 Å². The SMILES string of the molecule is Cc1cc(-c2ccccc2)cc(C)c1B1c2cc3c4ccccc4n(-c4ccccc4)c3cc2N2C(=O)Oc3cccc4ccc1c2c34. The number of carbonyl (C=O) groups is 1. The van der Waals surface area contributed by atoms with Crippen LogP contribution in [0.15, 0.2) is 140 Å². The van der Waals surface area contributed by atoms with Gasteiger partial charge in [0.1, 0.15) is 5.75 Å². The molecule has 0 fully saturated rings. The minimum atomic E-state index is -0.378. The molecule has 0 saturated heterocycles. The number of amides is 1. The molecule has 8 aromatic rings. The van der Waals surface area contributed by atoms with Crippen molar-refractivity contribution >= 4 is 73.1 Å². The molecule has 1 amide bonds. The first kappa shape index (κ1) is 27.1. The number of para-hydroxylation sites is 2. The Balaban J connectivity index is 1.33. The molecule has 0 aliphatic carbocycles. The lowest BCUT2D eigenvalue weighted by atomic mass is 9.33. The Morgan fingerprint density at radius 2 is 1.33 bits per heavy atom. The second-order valence-electron chi connectivity index (χ2n) is 13.0. The number of benzene rings is 7. The molecule has 3 heterocycles. The second kappa shape index (κ2) is 9.97. The zero-order valence-electron chi connectivity index (χ0n) is 26.6. The second-order valence-corrected chi connectivity index (χ2v) is 13.0. The monoisotopic (exact) mass is 616 g/mol. The molecule has 10 rings (SSSR count). The van der Waals surface area contributed by atoms with Gasteiger partial charge in [-0.25, -0.2) is 9.69 Å². The van der Waals surface area contributed by atoms with Gasteiger partial charge in [0.15, 0.2) is 0 Å². The van der Waals surface area contributed by atoms with Crippen LogP contribution >= 0.6 is 0 Å². The third kappa shape index (κ3) is 3.70. The van der Waals surface area contributed by atoms with Crippen molar-refractivity contribution in [3.8, 4) is 22.6 Å². The Kier molecular flexibility index (Phi) is 5.62. The average molecular weight is 617 g/mol. The first-order chi connectivity index (χ1) is 23.6. The fraction of sp³-hybridized carbons (Fsp3) is 0.0465. The van der Waals surface area contributed by atoms with Gasteiger partial charge in [0, 0.05) is 27.5 Å². The third-order valence-electron chi connectivity index (χ3n) is 10.3. The van der Waals surface area contributed by atoms with Crippen molar-refractivity contribution in [2.45, 2.75) is 13.8 Å². The van der Waals surface area contributed by atoms with Crippen molar-refractivity contribution in [3.05, 3.63) is 151 Å². The highest BCUT2D eigenvalue weighted by Gasteiger charge is 2.43. The Bertz CT molecular complexity index is 2620. The molecule has 0 saturated carbocycles. The largest absolute Gasteiger partial charge is 0.424 e. The molecule has 0 unspecified atom stereocenters. The highest BCUT2D eigenvalue weighted by molar-refractivity contribution is 6.99. The van der Waals surface area contributed by atoms with E-state index < -0.39 is 0 Å². The molecular formula is C43H29BN2O2. The molecule has 2 aliphatic rings. The maximum atomic E-state index is 14.1. The summed E-state index contributed by atoms with van der Waals surface area (Å²) in [6.45, 7) is 4.36. The first-order valence-corrected chi connectivity index (χ1v) is 16.4. The van der Waals surface area contributed by atoms with Gasteiger partial charge in [-0.05, 0) is 71.6 Å². The fourth-order valence-corrected chi connectivity index (χ4v) is 8.36. The van der Waals surface area contributed by atoms with Gasteiger partial charge < -0.3 is 9.30 Å². The summed E-state index contributed by atoms with van der Waals surface area (Å²) in [5, 5.41) is 4.37. The Hall–Kier alpha value is -6.07. The van der Waals surface area contributed by atoms with Gasteiger partial charge in [0.25, 0.3) is 0 Å². The third-order valence-corrected chi connectivity index (χ3v) is 10.3. The molecule has 7 aromatic carbocycles. The summed E-state index contributed by atoms with van der Waals surface area (Å²) in [5.41, 5.74) is 13.4. The summed E-state index contributed by atoms with van der Waals surface area (Å²) in [6.07, 6.45) is -0.378. The molecule has 0 N–H and O–H groups in total. The molecule has 0 spiro atoms. The van der Waals surface area contributed by atoms with E-state index in [9.17, 15) is 4.79 Å². The van der Waals surface area contributed by atoms with Crippen LogP contribution in [0.3, 0.4) is 0 Å². The number of anilines is 2. The topological polar surface area (TPSA) is 34.5 Å². The highest BCUT2D eigenvalue weighted by atomic mass is 16.6. The summed E-state index contributed by atoms with van der Waals surface area (Å²) in [5.74, 6) is 0.611. The van der Waals surface area contributed by atoms with Crippen LogP contribution in [0.2, 0.25) is 0 Å². The standard InChI is InChI=1S/C43H29BN2O2/c1-26-22-30(28-12-5-3-6-13-28)23-27(2)41(26)44-34-21-20-29-14-11-19-39-40(29)42(34)46(43(47)48-39)38-25-37-33(24-35(38)44)32-17-9-10-18-36(32)45(37)31-15-7-4-8-16-31/h3-25H,1-2H3. The lowest BCUT2D eigenvalue weighted by Crippen LogP contribution is -2.60. The van der Waals surface area contributed by atoms with E-state index in [-0.39, 0.29) is 12.8 Å². The lowest BCUT2D eigenvalue weighted by Gasteiger charge is -2.39. The molecule has 0 atom stereocenters. The fourth-order valence-electron chi connectivity index (χ4n) is 8.36. The van der Waals surface area contributed by atoms with Crippen LogP contribution in [0.4, 0.5) is 16.2 Å². The first-order valence-electron chi connectivity index (χ1n) is 16.4. The van der Waals surface area contributed by atoms with Crippen LogP contribution in [0.5, 0.6) is 5.75 Å². The van der Waals surface area contributed by atoms with Gasteiger partial charge in [0.05, 0.1) is 16.7 Å². The Morgan fingerprint density at radius 3 is 2.12 bits per heavy atom. The number of aromatic nitrogens is 1. The van der Waals surface area contributed by atoms with E-state index in [1.807, 2.05) is 23.1 Å². The molecule has 1 aromatic heterocycles. The van der Waals surface area contributed by atoms with Crippen LogP contribution in [-0.2, 0) is 0 Å². The summed E-state index contributed by atoms with van der Waals surface area (Å²) < 4.78 is 8.38. The normalized spacial score (nSPS) is 13.3. The maximum Gasteiger partial charge on any atom is 0.424 e. The predicted molar refractivity (Wildman–Crippen MR) is 199 cm³/mol. The van der Waals surface area contributed by atoms with Gasteiger partial charge in [-0.2, -0.15) is 0 Å². The number of ether oxygens (including phenoxy) is 1. The zero-order valence-corrected chi connectivity index (χ0v) is 26.6. The molecule has 226 valence electrons. The van der Waals surface area contributed by atoms with Crippen LogP contribution < -0.4 is 26.0 Å². The van der Waals surface area contributed by atoms with Gasteiger partial charge in [-0.1, -0.05) is 126 Å². The molecule has 0 bridgehead atoms. The van der Waals surface area contributed by atoms with E-state index in [1.165, 1.54) is 33.1 Å². The van der Waals surface area contributed by atoms with E-state index in [1.54, 1.807) is 0 Å². The van der Waals surface area contributed by atoms with Gasteiger partial charge in [0.2, 0.25) is 6.71 Å². The van der Waals surface area contributed by atoms with Crippen molar-refractivity contribution in [1.82, 2.24) is 4.57 Å². The summed E-state index contributed by atoms with van der Waals surface area (Å²) in [4.78, 5) is 15.9. The number of nitrogens with zero attached hydrogens (tertiary/aromatic N) is 2. The van der Waals surface area contributed by atoms with E-state index in [0.717, 1.165) is 55.2 Å². The number of hydrogen-bond donors (Lipinski definition) is 0. The molecule has 0 radical (unpaired) electrons. The minimum Gasteiger partial charge on any atom is -0.409 e. The number of carbonyl (C=O) groups excluding carboxylic acids is 1. The molecule has 4 nitrogen and oxygen atoms in total. The minimum absolute atomic E-state index is 0.0948. The quantitative estimate of drug-likeness (QED) is 0.186. The Labute approximate surface area is 278 Å². The van der Waals surface area contributed by atoms with Crippen molar-refractivity contribution in [2.75, 3.05) is 4.90 Å². The van der Waals surface area contributed by atoms with Crippen LogP contribution in [0, 0.1) is 13.8 Å². The number of aryl methyl sites for hydroxylation is 2. The van der Waals surface area contributed by atoms with E-state index >= 15 is 0 Å². The summed E-state index contributed by atoms with van der Waals surface area (Å²) >= 11 is 0. The van der Waals surface area contributed by atoms with Gasteiger partial charge in [-0.15, -0.1) is 0 Å². The van der Waals surface area contributed by atoms with Crippen molar-refractivity contribution in [3.63, 3.8) is 0 Å².